The highest BCUT2D eigenvalue weighted by molar-refractivity contribution is 6.09. The maximum absolute atomic E-state index is 14.5. The SMILES string of the molecule is Cn1c2cccc(F)c2c2ncnc(N3CCN(CCc4ccc(F)c(F)c4)CC3)c21. The van der Waals surface area contributed by atoms with Crippen molar-refractivity contribution in [2.24, 2.45) is 7.05 Å². The van der Waals surface area contributed by atoms with Crippen molar-refractivity contribution in [2.45, 2.75) is 6.42 Å². The number of rotatable bonds is 4. The Hall–Kier alpha value is -3.13. The molecule has 160 valence electrons. The third-order valence-corrected chi connectivity index (χ3v) is 6.10. The summed E-state index contributed by atoms with van der Waals surface area (Å²) in [7, 11) is 1.91. The largest absolute Gasteiger partial charge is 0.352 e. The van der Waals surface area contributed by atoms with E-state index in [1.165, 1.54) is 24.5 Å². The fraction of sp³-hybridized carbons (Fsp3) is 0.304. The van der Waals surface area contributed by atoms with Crippen LogP contribution in [0.3, 0.4) is 0 Å². The molecule has 1 fully saturated rings. The smallest absolute Gasteiger partial charge is 0.159 e. The van der Waals surface area contributed by atoms with Crippen LogP contribution >= 0.6 is 0 Å². The van der Waals surface area contributed by atoms with Crippen LogP contribution in [-0.4, -0.2) is 52.2 Å². The predicted octanol–water partition coefficient (Wildman–Crippen LogP) is 3.90. The van der Waals surface area contributed by atoms with E-state index in [9.17, 15) is 13.2 Å². The fourth-order valence-corrected chi connectivity index (χ4v) is 4.41. The first-order chi connectivity index (χ1) is 15.0. The minimum atomic E-state index is -0.818. The topological polar surface area (TPSA) is 37.2 Å². The Kier molecular flexibility index (Phi) is 5.02. The maximum atomic E-state index is 14.5. The molecule has 8 heteroatoms. The molecule has 3 heterocycles. The van der Waals surface area contributed by atoms with Crippen molar-refractivity contribution in [3.05, 3.63) is 65.7 Å². The van der Waals surface area contributed by atoms with Crippen LogP contribution in [0.25, 0.3) is 21.9 Å². The second-order valence-electron chi connectivity index (χ2n) is 7.91. The highest BCUT2D eigenvalue weighted by Crippen LogP contribution is 2.33. The van der Waals surface area contributed by atoms with Crippen LogP contribution in [0.4, 0.5) is 19.0 Å². The Balaban J connectivity index is 1.33. The number of fused-ring (bicyclic) bond motifs is 3. The summed E-state index contributed by atoms with van der Waals surface area (Å²) >= 11 is 0. The van der Waals surface area contributed by atoms with Gasteiger partial charge in [-0.15, -0.1) is 0 Å². The van der Waals surface area contributed by atoms with Crippen molar-refractivity contribution in [1.82, 2.24) is 19.4 Å². The molecule has 0 N–H and O–H groups in total. The second-order valence-corrected chi connectivity index (χ2v) is 7.91. The van der Waals surface area contributed by atoms with Crippen molar-refractivity contribution in [2.75, 3.05) is 37.6 Å². The van der Waals surface area contributed by atoms with Crippen molar-refractivity contribution in [3.63, 3.8) is 0 Å². The maximum Gasteiger partial charge on any atom is 0.159 e. The molecule has 1 aliphatic heterocycles. The third kappa shape index (κ3) is 3.50. The second kappa shape index (κ2) is 7.85. The fourth-order valence-electron chi connectivity index (χ4n) is 4.41. The van der Waals surface area contributed by atoms with Gasteiger partial charge in [0.25, 0.3) is 0 Å². The third-order valence-electron chi connectivity index (χ3n) is 6.10. The number of piperazine rings is 1. The van der Waals surface area contributed by atoms with E-state index >= 15 is 0 Å². The molecule has 0 radical (unpaired) electrons. The minimum Gasteiger partial charge on any atom is -0.352 e. The van der Waals surface area contributed by atoms with Gasteiger partial charge in [-0.25, -0.2) is 23.1 Å². The first kappa shape index (κ1) is 19.8. The van der Waals surface area contributed by atoms with Gasteiger partial charge in [0.1, 0.15) is 23.2 Å². The summed E-state index contributed by atoms with van der Waals surface area (Å²) < 4.78 is 43.0. The highest BCUT2D eigenvalue weighted by Gasteiger charge is 2.23. The molecule has 0 atom stereocenters. The van der Waals surface area contributed by atoms with Crippen molar-refractivity contribution < 1.29 is 13.2 Å². The number of hydrogen-bond acceptors (Lipinski definition) is 4. The van der Waals surface area contributed by atoms with Crippen LogP contribution in [0.5, 0.6) is 0 Å². The van der Waals surface area contributed by atoms with E-state index in [2.05, 4.69) is 19.8 Å². The molecule has 5 nitrogen and oxygen atoms in total. The quantitative estimate of drug-likeness (QED) is 0.497. The van der Waals surface area contributed by atoms with E-state index in [-0.39, 0.29) is 5.82 Å². The zero-order valence-corrected chi connectivity index (χ0v) is 17.2. The molecule has 0 spiro atoms. The Morgan fingerprint density at radius 3 is 2.48 bits per heavy atom. The summed E-state index contributed by atoms with van der Waals surface area (Å²) in [6.07, 6.45) is 2.16. The summed E-state index contributed by atoms with van der Waals surface area (Å²) in [4.78, 5) is 13.4. The monoisotopic (exact) mass is 425 g/mol. The van der Waals surface area contributed by atoms with Crippen LogP contribution in [-0.2, 0) is 13.5 Å². The molecule has 0 amide bonds. The van der Waals surface area contributed by atoms with Crippen LogP contribution in [0.15, 0.2) is 42.7 Å². The number of nitrogens with zero attached hydrogens (tertiary/aromatic N) is 5. The molecule has 2 aromatic carbocycles. The molecule has 0 unspecified atom stereocenters. The summed E-state index contributed by atoms with van der Waals surface area (Å²) in [5.41, 5.74) is 3.04. The molecular formula is C23H22F3N5. The molecule has 2 aromatic heterocycles. The van der Waals surface area contributed by atoms with Gasteiger partial charge in [0.05, 0.1) is 10.9 Å². The summed E-state index contributed by atoms with van der Waals surface area (Å²) in [5, 5.41) is 0.522. The van der Waals surface area contributed by atoms with Crippen LogP contribution in [0.2, 0.25) is 0 Å². The standard InChI is InChI=1S/C23H22F3N5/c1-29-19-4-2-3-17(25)20(19)21-22(29)23(28-14-27-21)31-11-9-30(10-12-31)8-7-15-5-6-16(24)18(26)13-15/h2-6,13-14H,7-12H2,1H3. The number of halogens is 3. The highest BCUT2D eigenvalue weighted by atomic mass is 19.2. The lowest BCUT2D eigenvalue weighted by Gasteiger charge is -2.35. The van der Waals surface area contributed by atoms with Crippen LogP contribution in [0.1, 0.15) is 5.56 Å². The van der Waals surface area contributed by atoms with Crippen molar-refractivity contribution in [3.8, 4) is 0 Å². The summed E-state index contributed by atoms with van der Waals surface area (Å²) in [6, 6.07) is 9.12. The molecule has 31 heavy (non-hydrogen) atoms. The van der Waals surface area contributed by atoms with E-state index in [0.717, 1.165) is 55.1 Å². The summed E-state index contributed by atoms with van der Waals surface area (Å²) in [6.45, 7) is 3.97. The minimum absolute atomic E-state index is 0.283. The van der Waals surface area contributed by atoms with Gasteiger partial charge in [0, 0.05) is 39.8 Å². The normalized spacial score (nSPS) is 15.3. The Morgan fingerprint density at radius 2 is 1.71 bits per heavy atom. The van der Waals surface area contributed by atoms with Gasteiger partial charge in [-0.3, -0.25) is 4.90 Å². The average molecular weight is 425 g/mol. The molecule has 0 saturated carbocycles. The van der Waals surface area contributed by atoms with E-state index in [1.807, 2.05) is 17.7 Å². The molecular weight excluding hydrogens is 403 g/mol. The summed E-state index contributed by atoms with van der Waals surface area (Å²) in [5.74, 6) is -1.10. The zero-order valence-electron chi connectivity index (χ0n) is 17.2. The molecule has 1 saturated heterocycles. The predicted molar refractivity (Wildman–Crippen MR) is 115 cm³/mol. The number of aryl methyl sites for hydroxylation is 1. The van der Waals surface area contributed by atoms with Gasteiger partial charge in [-0.05, 0) is 36.2 Å². The number of benzene rings is 2. The molecule has 1 aliphatic rings. The molecule has 0 bridgehead atoms. The van der Waals surface area contributed by atoms with Crippen LogP contribution < -0.4 is 4.90 Å². The lowest BCUT2D eigenvalue weighted by Crippen LogP contribution is -2.47. The van der Waals surface area contributed by atoms with E-state index < -0.39 is 11.6 Å². The van der Waals surface area contributed by atoms with Gasteiger partial charge in [-0.2, -0.15) is 0 Å². The van der Waals surface area contributed by atoms with Crippen molar-refractivity contribution in [1.29, 1.82) is 0 Å². The number of anilines is 1. The number of aromatic nitrogens is 3. The lowest BCUT2D eigenvalue weighted by molar-refractivity contribution is 0.260. The zero-order chi connectivity index (χ0) is 21.5. The van der Waals surface area contributed by atoms with Gasteiger partial charge >= 0.3 is 0 Å². The van der Waals surface area contributed by atoms with E-state index in [1.54, 1.807) is 12.1 Å². The van der Waals surface area contributed by atoms with Gasteiger partial charge in [0.2, 0.25) is 0 Å². The first-order valence-corrected chi connectivity index (χ1v) is 10.3. The molecule has 4 aromatic rings. The average Bonchev–Trinajstić information content (AvgIpc) is 3.08. The molecule has 5 rings (SSSR count). The Labute approximate surface area is 177 Å². The first-order valence-electron chi connectivity index (χ1n) is 10.3. The van der Waals surface area contributed by atoms with E-state index in [4.69, 9.17) is 0 Å². The molecule has 0 aliphatic carbocycles. The van der Waals surface area contributed by atoms with Crippen LogP contribution in [0, 0.1) is 17.5 Å². The van der Waals surface area contributed by atoms with Gasteiger partial charge in [0.15, 0.2) is 17.5 Å². The Bertz CT molecular complexity index is 1260. The van der Waals surface area contributed by atoms with Gasteiger partial charge in [-0.1, -0.05) is 12.1 Å². The Morgan fingerprint density at radius 1 is 0.903 bits per heavy atom. The lowest BCUT2D eigenvalue weighted by atomic mass is 10.1. The van der Waals surface area contributed by atoms with E-state index in [0.29, 0.717) is 17.3 Å². The van der Waals surface area contributed by atoms with Crippen molar-refractivity contribution >= 4 is 27.8 Å². The number of hydrogen-bond donors (Lipinski definition) is 0. The van der Waals surface area contributed by atoms with Gasteiger partial charge < -0.3 is 9.47 Å².